The first kappa shape index (κ1) is 23.9. The number of nitrogens with one attached hydrogen (secondary N) is 1. The van der Waals surface area contributed by atoms with E-state index in [-0.39, 0.29) is 36.6 Å². The molecule has 1 aliphatic rings. The van der Waals surface area contributed by atoms with Crippen LogP contribution in [0.25, 0.3) is 0 Å². The van der Waals surface area contributed by atoms with E-state index in [9.17, 15) is 4.79 Å². The maximum atomic E-state index is 12.2. The van der Waals surface area contributed by atoms with Crippen molar-refractivity contribution in [2.45, 2.75) is 38.3 Å². The van der Waals surface area contributed by atoms with Gasteiger partial charge in [0.2, 0.25) is 5.91 Å². The zero-order chi connectivity index (χ0) is 17.5. The SMILES string of the molecule is Cl.Cl.NC(C(=O)NCc1csc(CCc2ccccc2)n1)C1CCOCC1. The highest BCUT2D eigenvalue weighted by Crippen LogP contribution is 2.18. The fraction of sp³-hybridized carbons (Fsp3) is 0.474. The summed E-state index contributed by atoms with van der Waals surface area (Å²) in [5, 5.41) is 6.04. The number of ether oxygens (including phenoxy) is 1. The number of carbonyl (C=O) groups excluding carboxylic acids is 1. The normalized spacial score (nSPS) is 15.3. The number of hydrogen-bond donors (Lipinski definition) is 2. The second kappa shape index (κ2) is 12.3. The van der Waals surface area contributed by atoms with Gasteiger partial charge < -0.3 is 15.8 Å². The molecule has 1 aromatic carbocycles. The number of rotatable bonds is 7. The number of thiazole rings is 1. The third-order valence-corrected chi connectivity index (χ3v) is 5.55. The van der Waals surface area contributed by atoms with Gasteiger partial charge in [-0.2, -0.15) is 0 Å². The van der Waals surface area contributed by atoms with Crippen LogP contribution in [0.4, 0.5) is 0 Å². The van der Waals surface area contributed by atoms with Crippen LogP contribution >= 0.6 is 36.2 Å². The summed E-state index contributed by atoms with van der Waals surface area (Å²) in [5.74, 6) is 0.122. The number of benzene rings is 1. The van der Waals surface area contributed by atoms with Crippen molar-refractivity contribution in [3.05, 3.63) is 52.0 Å². The maximum Gasteiger partial charge on any atom is 0.237 e. The quantitative estimate of drug-likeness (QED) is 0.705. The minimum absolute atomic E-state index is 0. The summed E-state index contributed by atoms with van der Waals surface area (Å²) in [6, 6.07) is 9.94. The van der Waals surface area contributed by atoms with Crippen molar-refractivity contribution in [2.24, 2.45) is 11.7 Å². The van der Waals surface area contributed by atoms with E-state index in [1.54, 1.807) is 11.3 Å². The number of nitrogens with zero attached hydrogens (tertiary/aromatic N) is 1. The highest BCUT2D eigenvalue weighted by molar-refractivity contribution is 7.09. The summed E-state index contributed by atoms with van der Waals surface area (Å²) in [6.07, 6.45) is 3.61. The standard InChI is InChI=1S/C19H25N3O2S.2ClH/c20-18(15-8-10-24-11-9-15)19(23)21-12-16-13-25-17(22-16)7-6-14-4-2-1-3-5-14;;/h1-5,13,15,18H,6-12,20H2,(H,21,23);2*1H. The lowest BCUT2D eigenvalue weighted by molar-refractivity contribution is -0.124. The summed E-state index contributed by atoms with van der Waals surface area (Å²) >= 11 is 1.65. The van der Waals surface area contributed by atoms with Crippen LogP contribution in [0.15, 0.2) is 35.7 Å². The van der Waals surface area contributed by atoms with Crippen LogP contribution in [0.2, 0.25) is 0 Å². The Balaban J connectivity index is 0.00000182. The smallest absolute Gasteiger partial charge is 0.237 e. The summed E-state index contributed by atoms with van der Waals surface area (Å²) in [6.45, 7) is 1.84. The molecule has 27 heavy (non-hydrogen) atoms. The predicted octanol–water partition coefficient (Wildman–Crippen LogP) is 3.14. The number of aryl methyl sites for hydroxylation is 2. The van der Waals surface area contributed by atoms with Crippen LogP contribution in [0.3, 0.4) is 0 Å². The third kappa shape index (κ3) is 7.39. The van der Waals surface area contributed by atoms with Gasteiger partial charge in [0.25, 0.3) is 0 Å². The second-order valence-corrected chi connectivity index (χ2v) is 7.35. The molecule has 1 amide bonds. The maximum absolute atomic E-state index is 12.2. The van der Waals surface area contributed by atoms with Gasteiger partial charge in [-0.05, 0) is 30.7 Å². The van der Waals surface area contributed by atoms with E-state index >= 15 is 0 Å². The van der Waals surface area contributed by atoms with Gasteiger partial charge in [0.15, 0.2) is 0 Å². The van der Waals surface area contributed by atoms with E-state index in [0.29, 0.717) is 19.8 Å². The topological polar surface area (TPSA) is 77.2 Å². The molecular formula is C19H27Cl2N3O2S. The molecule has 0 spiro atoms. The zero-order valence-electron chi connectivity index (χ0n) is 15.1. The monoisotopic (exact) mass is 431 g/mol. The third-order valence-electron chi connectivity index (χ3n) is 4.59. The Morgan fingerprint density at radius 1 is 1.22 bits per heavy atom. The number of amides is 1. The van der Waals surface area contributed by atoms with Gasteiger partial charge in [0.1, 0.15) is 0 Å². The van der Waals surface area contributed by atoms with Crippen LogP contribution in [0.1, 0.15) is 29.1 Å². The lowest BCUT2D eigenvalue weighted by Gasteiger charge is -2.26. The Labute approximate surface area is 176 Å². The molecule has 2 heterocycles. The van der Waals surface area contributed by atoms with Crippen LogP contribution in [-0.2, 0) is 28.9 Å². The van der Waals surface area contributed by atoms with E-state index in [1.807, 2.05) is 11.4 Å². The Morgan fingerprint density at radius 3 is 2.63 bits per heavy atom. The minimum atomic E-state index is -0.458. The van der Waals surface area contributed by atoms with Crippen molar-refractivity contribution >= 4 is 42.1 Å². The molecule has 5 nitrogen and oxygen atoms in total. The summed E-state index contributed by atoms with van der Waals surface area (Å²) < 4.78 is 5.32. The molecule has 1 saturated heterocycles. The summed E-state index contributed by atoms with van der Waals surface area (Å²) in [7, 11) is 0. The average Bonchev–Trinajstić information content (AvgIpc) is 3.13. The Kier molecular flexibility index (Phi) is 10.9. The van der Waals surface area contributed by atoms with E-state index in [2.05, 4.69) is 34.6 Å². The van der Waals surface area contributed by atoms with Crippen molar-refractivity contribution in [1.29, 1.82) is 0 Å². The zero-order valence-corrected chi connectivity index (χ0v) is 17.6. The van der Waals surface area contributed by atoms with E-state index < -0.39 is 6.04 Å². The number of carbonyl (C=O) groups is 1. The van der Waals surface area contributed by atoms with Crippen molar-refractivity contribution in [3.8, 4) is 0 Å². The molecule has 0 saturated carbocycles. The Bertz CT molecular complexity index is 679. The molecule has 1 aliphatic heterocycles. The van der Waals surface area contributed by atoms with Gasteiger partial charge >= 0.3 is 0 Å². The van der Waals surface area contributed by atoms with Crippen LogP contribution in [0, 0.1) is 5.92 Å². The largest absolute Gasteiger partial charge is 0.381 e. The molecule has 3 N–H and O–H groups in total. The molecule has 0 aliphatic carbocycles. The number of aromatic nitrogens is 1. The average molecular weight is 432 g/mol. The van der Waals surface area contributed by atoms with Crippen LogP contribution in [0.5, 0.6) is 0 Å². The molecule has 1 atom stereocenters. The molecular weight excluding hydrogens is 405 g/mol. The van der Waals surface area contributed by atoms with Gasteiger partial charge in [0.05, 0.1) is 23.3 Å². The molecule has 8 heteroatoms. The van der Waals surface area contributed by atoms with Crippen molar-refractivity contribution < 1.29 is 9.53 Å². The lowest BCUT2D eigenvalue weighted by Crippen LogP contribution is -2.46. The molecule has 1 aromatic heterocycles. The van der Waals surface area contributed by atoms with Gasteiger partial charge in [-0.3, -0.25) is 4.79 Å². The van der Waals surface area contributed by atoms with Gasteiger partial charge in [-0.1, -0.05) is 30.3 Å². The van der Waals surface area contributed by atoms with Crippen molar-refractivity contribution in [1.82, 2.24) is 10.3 Å². The molecule has 150 valence electrons. The molecule has 0 bridgehead atoms. The summed E-state index contributed by atoms with van der Waals surface area (Å²) in [4.78, 5) is 16.8. The molecule has 1 unspecified atom stereocenters. The second-order valence-electron chi connectivity index (χ2n) is 6.41. The molecule has 1 fully saturated rings. The predicted molar refractivity (Wildman–Crippen MR) is 114 cm³/mol. The fourth-order valence-corrected chi connectivity index (χ4v) is 3.82. The highest BCUT2D eigenvalue weighted by atomic mass is 35.5. The van der Waals surface area contributed by atoms with Gasteiger partial charge in [-0.25, -0.2) is 4.98 Å². The number of halogens is 2. The lowest BCUT2D eigenvalue weighted by atomic mass is 9.92. The number of nitrogens with two attached hydrogens (primary N) is 1. The Hall–Kier alpha value is -1.18. The first-order valence-corrected chi connectivity index (χ1v) is 9.68. The van der Waals surface area contributed by atoms with Crippen LogP contribution < -0.4 is 11.1 Å². The molecule has 3 rings (SSSR count). The Morgan fingerprint density at radius 2 is 1.93 bits per heavy atom. The fourth-order valence-electron chi connectivity index (χ4n) is 3.03. The highest BCUT2D eigenvalue weighted by Gasteiger charge is 2.26. The summed E-state index contributed by atoms with van der Waals surface area (Å²) in [5.41, 5.74) is 8.31. The molecule has 0 radical (unpaired) electrons. The van der Waals surface area contributed by atoms with Gasteiger partial charge in [-0.15, -0.1) is 36.2 Å². The van der Waals surface area contributed by atoms with E-state index in [1.165, 1.54) is 5.56 Å². The van der Waals surface area contributed by atoms with Gasteiger partial charge in [0, 0.05) is 25.0 Å². The van der Waals surface area contributed by atoms with E-state index in [0.717, 1.165) is 36.4 Å². The number of hydrogen-bond acceptors (Lipinski definition) is 5. The first-order valence-electron chi connectivity index (χ1n) is 8.80. The van der Waals surface area contributed by atoms with Crippen molar-refractivity contribution in [3.63, 3.8) is 0 Å². The minimum Gasteiger partial charge on any atom is -0.381 e. The van der Waals surface area contributed by atoms with Crippen molar-refractivity contribution in [2.75, 3.05) is 13.2 Å². The molecule has 2 aromatic rings. The van der Waals surface area contributed by atoms with Crippen LogP contribution in [-0.4, -0.2) is 30.1 Å². The first-order chi connectivity index (χ1) is 12.2. The van der Waals surface area contributed by atoms with E-state index in [4.69, 9.17) is 10.5 Å².